The lowest BCUT2D eigenvalue weighted by Crippen LogP contribution is -2.66. The van der Waals surface area contributed by atoms with Crippen molar-refractivity contribution >= 4 is 17.7 Å². The summed E-state index contributed by atoms with van der Waals surface area (Å²) in [5, 5.41) is 36.8. The van der Waals surface area contributed by atoms with E-state index in [0.29, 0.717) is 0 Å². The minimum Gasteiger partial charge on any atom is -0.373 e. The van der Waals surface area contributed by atoms with E-state index < -0.39 is 11.6 Å². The molecule has 9 atom stereocenters. The number of nitriles is 1. The fraction of sp³-hybridized carbons (Fsp3) is 0.692. The van der Waals surface area contributed by atoms with E-state index in [1.807, 2.05) is 33.0 Å². The van der Waals surface area contributed by atoms with Crippen molar-refractivity contribution in [3.8, 4) is 6.07 Å². The molecule has 0 aromatic rings. The van der Waals surface area contributed by atoms with E-state index in [1.54, 1.807) is 11.8 Å². The summed E-state index contributed by atoms with van der Waals surface area (Å²) in [6, 6.07) is 2.12. The number of allylic oxidation sites excluding steroid dienone is 4. The number of nitrogens with one attached hydrogen (secondary N) is 5. The number of thioether (sulfide) groups is 1. The van der Waals surface area contributed by atoms with Crippen LogP contribution in [0.15, 0.2) is 35.7 Å². The second kappa shape index (κ2) is 11.3. The van der Waals surface area contributed by atoms with Crippen LogP contribution in [0.3, 0.4) is 0 Å². The number of hydrogen-bond acceptors (Lipinski definition) is 9. The second-order valence-electron chi connectivity index (χ2n) is 11.1. The number of rotatable bonds is 7. The highest BCUT2D eigenvalue weighted by molar-refractivity contribution is 8.01. The highest BCUT2D eigenvalue weighted by Crippen LogP contribution is 2.38. The molecule has 8 N–H and O–H groups in total. The topological polar surface area (TPSA) is 147 Å². The molecule has 2 heterocycles. The number of carbonyl (C=O) groups excluding carboxylic acids is 1. The Morgan fingerprint density at radius 2 is 2.17 bits per heavy atom. The Labute approximate surface area is 218 Å². The fourth-order valence-corrected chi connectivity index (χ4v) is 6.90. The molecule has 1 amide bonds. The molecular weight excluding hydrogens is 474 g/mol. The van der Waals surface area contributed by atoms with Crippen LogP contribution >= 0.6 is 11.8 Å². The van der Waals surface area contributed by atoms with Crippen LogP contribution in [0.25, 0.3) is 0 Å². The van der Waals surface area contributed by atoms with Crippen LogP contribution in [0, 0.1) is 34.5 Å². The van der Waals surface area contributed by atoms with Crippen molar-refractivity contribution in [3.05, 3.63) is 35.7 Å². The van der Waals surface area contributed by atoms with E-state index in [-0.39, 0.29) is 52.5 Å². The largest absolute Gasteiger partial charge is 0.373 e. The smallest absolute Gasteiger partial charge is 0.238 e. The van der Waals surface area contributed by atoms with E-state index >= 15 is 0 Å². The van der Waals surface area contributed by atoms with Crippen LogP contribution < -0.4 is 32.3 Å². The standard InChI is InChI=1S/C26H41N7O2S/c1-14-8-9-17(31-23(34)15-6-5-7-16(10-15)26(2,3)13-27)11-18(14)32-24(35)22-20(28)21-25(36-22)30-12-19(29-4)33-21/h5-6,9,11,14-16,19-23,25,29-31,33-34H,7-8,10,12,28H2,1-4H3,(H,32,35). The van der Waals surface area contributed by atoms with Gasteiger partial charge in [0.25, 0.3) is 0 Å². The summed E-state index contributed by atoms with van der Waals surface area (Å²) < 4.78 is 0. The maximum absolute atomic E-state index is 13.3. The van der Waals surface area contributed by atoms with E-state index in [4.69, 9.17) is 5.73 Å². The summed E-state index contributed by atoms with van der Waals surface area (Å²) in [7, 11) is 1.90. The average Bonchev–Trinajstić information content (AvgIpc) is 3.21. The van der Waals surface area contributed by atoms with Gasteiger partial charge in [0.05, 0.1) is 23.0 Å². The van der Waals surface area contributed by atoms with E-state index in [1.165, 1.54) is 0 Å². The zero-order valence-corrected chi connectivity index (χ0v) is 22.4. The van der Waals surface area contributed by atoms with Gasteiger partial charge in [-0.15, -0.1) is 11.8 Å². The lowest BCUT2D eigenvalue weighted by molar-refractivity contribution is -0.120. The molecule has 2 aliphatic heterocycles. The number of amides is 1. The predicted octanol–water partition coefficient (Wildman–Crippen LogP) is 0.826. The van der Waals surface area contributed by atoms with Crippen LogP contribution in [-0.4, -0.2) is 59.7 Å². The molecule has 0 aromatic heterocycles. The number of hydrogen-bond donors (Lipinski definition) is 7. The van der Waals surface area contributed by atoms with E-state index in [9.17, 15) is 15.2 Å². The van der Waals surface area contributed by atoms with Gasteiger partial charge in [-0.25, -0.2) is 0 Å². The zero-order chi connectivity index (χ0) is 26.0. The van der Waals surface area contributed by atoms with Gasteiger partial charge in [0, 0.05) is 35.9 Å². The molecule has 2 aliphatic carbocycles. The van der Waals surface area contributed by atoms with E-state index in [2.05, 4.69) is 51.7 Å². The number of nitrogens with two attached hydrogens (primary N) is 1. The Hall–Kier alpha value is -1.87. The molecule has 10 heteroatoms. The third kappa shape index (κ3) is 5.82. The lowest BCUT2D eigenvalue weighted by Gasteiger charge is -2.35. The quantitative estimate of drug-likeness (QED) is 0.193. The first-order valence-electron chi connectivity index (χ1n) is 13.0. The van der Waals surface area contributed by atoms with Gasteiger partial charge in [0.1, 0.15) is 11.5 Å². The van der Waals surface area contributed by atoms with Gasteiger partial charge >= 0.3 is 0 Å². The minimum absolute atomic E-state index is 0.0142. The number of likely N-dealkylation sites (N-methyl/N-ethyl adjacent to an activating group) is 1. The molecule has 36 heavy (non-hydrogen) atoms. The molecule has 0 saturated carbocycles. The molecule has 0 spiro atoms. The maximum atomic E-state index is 13.3. The fourth-order valence-electron chi connectivity index (χ4n) is 5.43. The van der Waals surface area contributed by atoms with Gasteiger partial charge in [0.15, 0.2) is 0 Å². The summed E-state index contributed by atoms with van der Waals surface area (Å²) in [4.78, 5) is 13.3. The van der Waals surface area contributed by atoms with Crippen molar-refractivity contribution < 1.29 is 9.90 Å². The number of piperazine rings is 1. The predicted molar refractivity (Wildman–Crippen MR) is 143 cm³/mol. The zero-order valence-electron chi connectivity index (χ0n) is 21.6. The van der Waals surface area contributed by atoms with Crippen molar-refractivity contribution in [1.82, 2.24) is 26.6 Å². The van der Waals surface area contributed by atoms with Crippen LogP contribution in [0.5, 0.6) is 0 Å². The Morgan fingerprint density at radius 3 is 2.89 bits per heavy atom. The number of carbonyl (C=O) groups is 1. The summed E-state index contributed by atoms with van der Waals surface area (Å²) in [5.41, 5.74) is 7.69. The molecular formula is C26H41N7O2S. The minimum atomic E-state index is -0.773. The number of aliphatic hydroxyl groups is 1. The molecule has 0 radical (unpaired) electrons. The van der Waals surface area contributed by atoms with Crippen molar-refractivity contribution in [2.24, 2.45) is 28.9 Å². The van der Waals surface area contributed by atoms with Crippen molar-refractivity contribution in [2.45, 2.75) is 75.1 Å². The van der Waals surface area contributed by atoms with Gasteiger partial charge < -0.3 is 32.1 Å². The monoisotopic (exact) mass is 515 g/mol. The molecule has 2 fully saturated rings. The highest BCUT2D eigenvalue weighted by atomic mass is 32.2. The molecule has 0 bridgehead atoms. The number of fused-ring (bicyclic) bond motifs is 1. The molecule has 2 saturated heterocycles. The van der Waals surface area contributed by atoms with Crippen molar-refractivity contribution in [2.75, 3.05) is 13.6 Å². The van der Waals surface area contributed by atoms with Gasteiger partial charge in [-0.3, -0.25) is 10.1 Å². The second-order valence-corrected chi connectivity index (χ2v) is 12.4. The molecule has 9 nitrogen and oxygen atoms in total. The Balaban J connectivity index is 1.36. The molecule has 4 rings (SSSR count). The van der Waals surface area contributed by atoms with Crippen LogP contribution in [-0.2, 0) is 4.79 Å². The van der Waals surface area contributed by atoms with Crippen LogP contribution in [0.2, 0.25) is 0 Å². The van der Waals surface area contributed by atoms with Crippen LogP contribution in [0.4, 0.5) is 0 Å². The average molecular weight is 516 g/mol. The van der Waals surface area contributed by atoms with Gasteiger partial charge in [-0.05, 0) is 58.1 Å². The lowest BCUT2D eigenvalue weighted by atomic mass is 9.71. The number of aliphatic hydroxyl groups excluding tert-OH is 1. The maximum Gasteiger partial charge on any atom is 0.238 e. The summed E-state index contributed by atoms with van der Waals surface area (Å²) >= 11 is 1.58. The van der Waals surface area contributed by atoms with Gasteiger partial charge in [-0.2, -0.15) is 5.26 Å². The van der Waals surface area contributed by atoms with E-state index in [0.717, 1.165) is 37.2 Å². The first kappa shape index (κ1) is 27.2. The SMILES string of the molecule is CNC1CNC2SC(C(=O)NC3=CC(NC(O)C4C=CCC(C(C)(C)C#N)C4)=CCC3C)C(N)C2N1. The first-order chi connectivity index (χ1) is 17.1. The summed E-state index contributed by atoms with van der Waals surface area (Å²) in [6.07, 6.45) is 9.81. The normalized spacial score (nSPS) is 37.2. The Bertz CT molecular complexity index is 958. The number of nitrogens with zero attached hydrogens (tertiary/aromatic N) is 1. The van der Waals surface area contributed by atoms with Crippen molar-refractivity contribution in [1.29, 1.82) is 5.26 Å². The molecule has 198 valence electrons. The first-order valence-corrected chi connectivity index (χ1v) is 13.9. The van der Waals surface area contributed by atoms with Crippen molar-refractivity contribution in [3.63, 3.8) is 0 Å². The third-order valence-electron chi connectivity index (χ3n) is 8.10. The highest BCUT2D eigenvalue weighted by Gasteiger charge is 2.48. The molecule has 0 aromatic carbocycles. The summed E-state index contributed by atoms with van der Waals surface area (Å²) in [6.45, 7) is 6.79. The Kier molecular flexibility index (Phi) is 8.49. The summed E-state index contributed by atoms with van der Waals surface area (Å²) in [5.74, 6) is 0.190. The van der Waals surface area contributed by atoms with Gasteiger partial charge in [0.2, 0.25) is 5.91 Å². The van der Waals surface area contributed by atoms with Gasteiger partial charge in [-0.1, -0.05) is 25.2 Å². The van der Waals surface area contributed by atoms with Crippen LogP contribution in [0.1, 0.15) is 40.0 Å². The molecule has 4 aliphatic rings. The molecule has 9 unspecified atom stereocenters. The Morgan fingerprint density at radius 1 is 1.39 bits per heavy atom. The third-order valence-corrected chi connectivity index (χ3v) is 9.67.